The summed E-state index contributed by atoms with van der Waals surface area (Å²) in [6, 6.07) is 5.20. The van der Waals surface area contributed by atoms with Crippen LogP contribution < -0.4 is 0 Å². The second kappa shape index (κ2) is 6.89. The van der Waals surface area contributed by atoms with Gasteiger partial charge in [0, 0.05) is 39.0 Å². The molecule has 1 aromatic rings. The molecule has 1 unspecified atom stereocenters. The average Bonchev–Trinajstić information content (AvgIpc) is 2.53. The summed E-state index contributed by atoms with van der Waals surface area (Å²) in [6.07, 6.45) is 0. The quantitative estimate of drug-likeness (QED) is 0.532. The number of imide groups is 1. The van der Waals surface area contributed by atoms with Crippen molar-refractivity contribution in [1.29, 1.82) is 0 Å². The van der Waals surface area contributed by atoms with Gasteiger partial charge in [-0.15, -0.1) is 0 Å². The zero-order valence-corrected chi connectivity index (χ0v) is 14.9. The van der Waals surface area contributed by atoms with Crippen molar-refractivity contribution in [3.05, 3.63) is 35.4 Å². The Labute approximate surface area is 148 Å². The number of aliphatic carboxylic acids is 1. The number of hydrogen-bond acceptors (Lipinski definition) is 3. The molecule has 2 radical (unpaired) electrons. The minimum atomic E-state index is -1.18. The van der Waals surface area contributed by atoms with Gasteiger partial charge in [0.25, 0.3) is 11.8 Å². The van der Waals surface area contributed by atoms with E-state index in [0.717, 1.165) is 4.90 Å². The normalized spacial score (nSPS) is 14.9. The molecule has 1 aromatic carbocycles. The Bertz CT molecular complexity index is 546. The summed E-state index contributed by atoms with van der Waals surface area (Å²) in [4.78, 5) is 36.8. The first-order chi connectivity index (χ1) is 8.75. The summed E-state index contributed by atoms with van der Waals surface area (Å²) in [5.41, 5.74) is -0.204. The van der Waals surface area contributed by atoms with E-state index in [2.05, 4.69) is 0 Å². The number of carbonyl (C=O) groups excluding carboxylic acids is 2. The van der Waals surface area contributed by atoms with Gasteiger partial charge in [0.1, 0.15) is 6.04 Å². The van der Waals surface area contributed by atoms with Crippen LogP contribution >= 0.6 is 0 Å². The van der Waals surface area contributed by atoms with Crippen molar-refractivity contribution in [2.24, 2.45) is 5.41 Å². The van der Waals surface area contributed by atoms with Crippen molar-refractivity contribution in [3.63, 3.8) is 0 Å². The van der Waals surface area contributed by atoms with Crippen LogP contribution in [0.5, 0.6) is 0 Å². The second-order valence-corrected chi connectivity index (χ2v) is 5.63. The molecule has 0 aromatic heterocycles. The van der Waals surface area contributed by atoms with Gasteiger partial charge in [0.15, 0.2) is 0 Å². The van der Waals surface area contributed by atoms with E-state index >= 15 is 0 Å². The van der Waals surface area contributed by atoms with Crippen LogP contribution in [0.4, 0.5) is 0 Å². The van der Waals surface area contributed by atoms with Gasteiger partial charge >= 0.3 is 5.97 Å². The van der Waals surface area contributed by atoms with E-state index in [-0.39, 0.29) is 50.1 Å². The Morgan fingerprint density at radius 2 is 1.43 bits per heavy atom. The van der Waals surface area contributed by atoms with E-state index in [9.17, 15) is 19.5 Å². The molecular weight excluding hydrogens is 452 g/mol. The van der Waals surface area contributed by atoms with Crippen LogP contribution in [-0.4, -0.2) is 33.8 Å². The molecule has 7 heteroatoms. The van der Waals surface area contributed by atoms with Crippen LogP contribution in [0.3, 0.4) is 0 Å². The topological polar surface area (TPSA) is 74.7 Å². The number of carboxylic acids is 1. The summed E-state index contributed by atoms with van der Waals surface area (Å²) in [6.45, 7) is 5.07. The number of amides is 2. The van der Waals surface area contributed by atoms with Gasteiger partial charge in [0.05, 0.1) is 11.1 Å². The molecule has 0 fully saturated rings. The van der Waals surface area contributed by atoms with Crippen molar-refractivity contribution in [3.8, 4) is 0 Å². The molecule has 1 aliphatic heterocycles. The fourth-order valence-corrected chi connectivity index (χ4v) is 2.31. The van der Waals surface area contributed by atoms with E-state index in [1.54, 1.807) is 32.9 Å². The Morgan fingerprint density at radius 3 is 1.71 bits per heavy atom. The first kappa shape index (κ1) is 20.1. The molecule has 2 amide bonds. The molecule has 0 spiro atoms. The van der Waals surface area contributed by atoms with Crippen molar-refractivity contribution >= 4 is 17.8 Å². The van der Waals surface area contributed by atoms with Gasteiger partial charge in [-0.1, -0.05) is 32.9 Å². The van der Waals surface area contributed by atoms with E-state index in [4.69, 9.17) is 0 Å². The number of nitrogens with zero attached hydrogens (tertiary/aromatic N) is 1. The predicted molar refractivity (Wildman–Crippen MR) is 67.8 cm³/mol. The van der Waals surface area contributed by atoms with Crippen LogP contribution in [0.25, 0.3) is 0 Å². The van der Waals surface area contributed by atoms with Crippen molar-refractivity contribution in [1.82, 2.24) is 4.90 Å². The van der Waals surface area contributed by atoms with Gasteiger partial charge in [0.2, 0.25) is 0 Å². The summed E-state index contributed by atoms with van der Waals surface area (Å²) in [7, 11) is 0. The number of benzene rings is 1. The first-order valence-electron chi connectivity index (χ1n) is 5.95. The molecule has 1 atom stereocenters. The number of carbonyl (C=O) groups is 3. The molecule has 1 heterocycles. The zero-order valence-electron chi connectivity index (χ0n) is 11.7. The summed E-state index contributed by atoms with van der Waals surface area (Å²) >= 11 is 0. The van der Waals surface area contributed by atoms with E-state index in [1.165, 1.54) is 12.1 Å². The molecule has 118 valence electrons. The smallest absolute Gasteiger partial charge is 0.327 e. The summed E-state index contributed by atoms with van der Waals surface area (Å²) < 4.78 is 0. The Morgan fingerprint density at radius 1 is 1.05 bits per heavy atom. The summed E-state index contributed by atoms with van der Waals surface area (Å²) in [5.74, 6) is -2.26. The van der Waals surface area contributed by atoms with Gasteiger partial charge in [-0.25, -0.2) is 4.79 Å². The number of carboxylic acid groups (broad SMARTS) is 1. The zero-order chi connectivity index (χ0) is 14.4. The third-order valence-corrected chi connectivity index (χ3v) is 3.14. The van der Waals surface area contributed by atoms with E-state index in [0.29, 0.717) is 0 Å². The second-order valence-electron chi connectivity index (χ2n) is 5.63. The molecule has 1 N–H and O–H groups in total. The predicted octanol–water partition coefficient (Wildman–Crippen LogP) is 1.78. The average molecular weight is 467 g/mol. The van der Waals surface area contributed by atoms with Crippen molar-refractivity contribution in [2.45, 2.75) is 26.8 Å². The molecule has 0 aliphatic carbocycles. The Hall–Kier alpha value is -0.923. The van der Waals surface area contributed by atoms with Crippen molar-refractivity contribution in [2.75, 3.05) is 0 Å². The van der Waals surface area contributed by atoms with Crippen LogP contribution in [-0.2, 0) is 43.8 Å². The molecule has 21 heavy (non-hydrogen) atoms. The Kier molecular flexibility index (Phi) is 6.59. The molecule has 2 rings (SSSR count). The number of rotatable bonds is 2. The minimum absolute atomic E-state index is 0. The van der Waals surface area contributed by atoms with Gasteiger partial charge < -0.3 is 5.11 Å². The fraction of sp³-hybridized carbons (Fsp3) is 0.357. The van der Waals surface area contributed by atoms with Gasteiger partial charge in [-0.2, -0.15) is 0 Å². The monoisotopic (exact) mass is 467 g/mol. The maximum absolute atomic E-state index is 12.2. The molecular formula is C14H15NO4Rh2. The number of hydrogen-bond donors (Lipinski definition) is 1. The molecule has 5 nitrogen and oxygen atoms in total. The standard InChI is InChI=1S/C14H15NO4.2Rh/c1-14(2,3)10(13(18)19)15-11(16)8-6-4-5-7-9(8)12(15)17;;/h4-7,10H,1-3H3,(H,18,19);;. The maximum Gasteiger partial charge on any atom is 0.327 e. The van der Waals surface area contributed by atoms with Gasteiger partial charge in [-0.05, 0) is 17.5 Å². The van der Waals surface area contributed by atoms with Crippen LogP contribution in [0.1, 0.15) is 41.5 Å². The van der Waals surface area contributed by atoms with Gasteiger partial charge in [-0.3, -0.25) is 14.5 Å². The molecule has 1 aliphatic rings. The van der Waals surface area contributed by atoms with Crippen LogP contribution in [0, 0.1) is 5.41 Å². The third kappa shape index (κ3) is 3.46. The fourth-order valence-electron chi connectivity index (χ4n) is 2.31. The van der Waals surface area contributed by atoms with E-state index < -0.39 is 29.2 Å². The van der Waals surface area contributed by atoms with Crippen LogP contribution in [0.2, 0.25) is 0 Å². The first-order valence-corrected chi connectivity index (χ1v) is 5.95. The Balaban J connectivity index is 0.00000200. The largest absolute Gasteiger partial charge is 0.480 e. The maximum atomic E-state index is 12.2. The third-order valence-electron chi connectivity index (χ3n) is 3.14. The molecule has 0 saturated carbocycles. The summed E-state index contributed by atoms with van der Waals surface area (Å²) in [5, 5.41) is 9.34. The van der Waals surface area contributed by atoms with E-state index in [1.807, 2.05) is 0 Å². The van der Waals surface area contributed by atoms with Crippen LogP contribution in [0.15, 0.2) is 24.3 Å². The molecule has 0 bridgehead atoms. The SMILES string of the molecule is CC(C)(C)C(C(=O)O)N1C(=O)c2ccccc2C1=O.[Rh].[Rh]. The number of fused-ring (bicyclic) bond motifs is 1. The minimum Gasteiger partial charge on any atom is -0.480 e. The van der Waals surface area contributed by atoms with Crippen molar-refractivity contribution < 1.29 is 58.4 Å². The molecule has 0 saturated heterocycles.